The first-order valence-electron chi connectivity index (χ1n) is 11.2. The Bertz CT molecular complexity index is 1260. The minimum absolute atomic E-state index is 0.158. The van der Waals surface area contributed by atoms with E-state index in [-0.39, 0.29) is 5.91 Å². The van der Waals surface area contributed by atoms with Crippen molar-refractivity contribution < 1.29 is 19.0 Å². The molecular weight excluding hydrogens is 446 g/mol. The summed E-state index contributed by atoms with van der Waals surface area (Å²) in [6, 6.07) is 18.8. The molecule has 1 amide bonds. The predicted octanol–water partition coefficient (Wildman–Crippen LogP) is 3.41. The van der Waals surface area contributed by atoms with E-state index in [0.29, 0.717) is 49.1 Å². The predicted molar refractivity (Wildman–Crippen MR) is 131 cm³/mol. The average Bonchev–Trinajstić information content (AvgIpc) is 3.42. The highest BCUT2D eigenvalue weighted by atomic mass is 16.5. The minimum atomic E-state index is -0.158. The molecule has 0 unspecified atom stereocenters. The van der Waals surface area contributed by atoms with Gasteiger partial charge in [-0.3, -0.25) is 9.48 Å². The summed E-state index contributed by atoms with van der Waals surface area (Å²) in [5.74, 6) is 1.74. The zero-order valence-electron chi connectivity index (χ0n) is 19.7. The third kappa shape index (κ3) is 6.35. The van der Waals surface area contributed by atoms with Crippen LogP contribution in [0.2, 0.25) is 0 Å². The monoisotopic (exact) mass is 473 g/mol. The normalized spacial score (nSPS) is 10.6. The van der Waals surface area contributed by atoms with Gasteiger partial charge in [-0.25, -0.2) is 9.97 Å². The maximum Gasteiger partial charge on any atom is 0.251 e. The number of nitrogens with zero attached hydrogens (tertiary/aromatic N) is 4. The molecule has 0 aliphatic heterocycles. The number of ether oxygens (including phenoxy) is 3. The molecule has 2 aromatic carbocycles. The van der Waals surface area contributed by atoms with Gasteiger partial charge >= 0.3 is 0 Å². The fourth-order valence-corrected chi connectivity index (χ4v) is 3.52. The van der Waals surface area contributed by atoms with Gasteiger partial charge in [0.05, 0.1) is 33.1 Å². The minimum Gasteiger partial charge on any atom is -0.493 e. The molecule has 0 aliphatic carbocycles. The maximum absolute atomic E-state index is 12.6. The molecule has 0 saturated heterocycles. The molecule has 0 saturated carbocycles. The molecule has 0 radical (unpaired) electrons. The van der Waals surface area contributed by atoms with Gasteiger partial charge in [0.2, 0.25) is 5.88 Å². The largest absolute Gasteiger partial charge is 0.493 e. The van der Waals surface area contributed by atoms with Crippen molar-refractivity contribution in [1.29, 1.82) is 0 Å². The maximum atomic E-state index is 12.6. The van der Waals surface area contributed by atoms with Gasteiger partial charge in [0.15, 0.2) is 11.5 Å². The molecule has 2 heterocycles. The number of methoxy groups -OCH3 is 2. The van der Waals surface area contributed by atoms with Crippen molar-refractivity contribution in [3.63, 3.8) is 0 Å². The van der Waals surface area contributed by atoms with Gasteiger partial charge in [0, 0.05) is 30.2 Å². The zero-order chi connectivity index (χ0) is 24.5. The van der Waals surface area contributed by atoms with E-state index in [2.05, 4.69) is 20.4 Å². The highest BCUT2D eigenvalue weighted by Crippen LogP contribution is 2.28. The third-order valence-electron chi connectivity index (χ3n) is 5.33. The highest BCUT2D eigenvalue weighted by Gasteiger charge is 2.09. The van der Waals surface area contributed by atoms with Gasteiger partial charge in [-0.05, 0) is 35.9 Å². The summed E-state index contributed by atoms with van der Waals surface area (Å²) in [4.78, 5) is 21.1. The summed E-state index contributed by atoms with van der Waals surface area (Å²) in [6.07, 6.45) is 3.77. The quantitative estimate of drug-likeness (QED) is 0.356. The summed E-state index contributed by atoms with van der Waals surface area (Å²) in [7, 11) is 3.23. The van der Waals surface area contributed by atoms with Crippen LogP contribution >= 0.6 is 0 Å². The van der Waals surface area contributed by atoms with Crippen LogP contribution in [-0.2, 0) is 13.0 Å². The number of nitrogens with one attached hydrogen (secondary N) is 1. The fourth-order valence-electron chi connectivity index (χ4n) is 3.52. The number of hydrogen-bond acceptors (Lipinski definition) is 7. The number of carbonyl (C=O) groups excluding carboxylic acids is 1. The Labute approximate surface area is 203 Å². The van der Waals surface area contributed by atoms with Crippen molar-refractivity contribution in [2.75, 3.05) is 27.4 Å². The number of hydrogen-bond donors (Lipinski definition) is 1. The van der Waals surface area contributed by atoms with Crippen LogP contribution < -0.4 is 19.5 Å². The van der Waals surface area contributed by atoms with Gasteiger partial charge in [-0.2, -0.15) is 5.10 Å². The van der Waals surface area contributed by atoms with Crippen molar-refractivity contribution >= 4 is 5.91 Å². The van der Waals surface area contributed by atoms with Crippen molar-refractivity contribution in [1.82, 2.24) is 25.1 Å². The lowest BCUT2D eigenvalue weighted by Crippen LogP contribution is -2.27. The first kappa shape index (κ1) is 23.7. The van der Waals surface area contributed by atoms with Crippen LogP contribution in [0.4, 0.5) is 0 Å². The Morgan fingerprint density at radius 1 is 1.00 bits per heavy atom. The lowest BCUT2D eigenvalue weighted by molar-refractivity contribution is 0.0952. The van der Waals surface area contributed by atoms with Crippen LogP contribution in [0.5, 0.6) is 17.4 Å². The van der Waals surface area contributed by atoms with Crippen molar-refractivity contribution in [3.05, 3.63) is 84.4 Å². The molecule has 4 rings (SSSR count). The summed E-state index contributed by atoms with van der Waals surface area (Å²) in [5.41, 5.74) is 3.19. The van der Waals surface area contributed by atoms with Crippen molar-refractivity contribution in [3.8, 4) is 28.6 Å². The van der Waals surface area contributed by atoms with Gasteiger partial charge in [-0.15, -0.1) is 0 Å². The number of amides is 1. The van der Waals surface area contributed by atoms with E-state index in [0.717, 1.165) is 16.8 Å². The topological polar surface area (TPSA) is 100 Å². The third-order valence-corrected chi connectivity index (χ3v) is 5.33. The zero-order valence-corrected chi connectivity index (χ0v) is 19.7. The second kappa shape index (κ2) is 11.6. The molecular formula is C26H27N5O4. The lowest BCUT2D eigenvalue weighted by atomic mass is 10.1. The van der Waals surface area contributed by atoms with Crippen LogP contribution in [-0.4, -0.2) is 53.0 Å². The molecule has 0 fully saturated rings. The van der Waals surface area contributed by atoms with E-state index >= 15 is 0 Å². The highest BCUT2D eigenvalue weighted by molar-refractivity contribution is 5.95. The number of benzene rings is 2. The second-order valence-corrected chi connectivity index (χ2v) is 7.64. The SMILES string of the molecule is COc1ccc(CCOc2cccc(-c3cccc(C(=O)NCCn4cncn4)c3)n2)cc1OC. The molecule has 35 heavy (non-hydrogen) atoms. The Kier molecular flexibility index (Phi) is 7.90. The number of rotatable bonds is 11. The van der Waals surface area contributed by atoms with Crippen molar-refractivity contribution in [2.24, 2.45) is 0 Å². The summed E-state index contributed by atoms with van der Waals surface area (Å²) >= 11 is 0. The van der Waals surface area contributed by atoms with E-state index in [1.54, 1.807) is 31.3 Å². The number of carbonyl (C=O) groups is 1. The molecule has 2 aromatic heterocycles. The van der Waals surface area contributed by atoms with Crippen molar-refractivity contribution in [2.45, 2.75) is 13.0 Å². The van der Waals surface area contributed by atoms with E-state index in [1.807, 2.05) is 54.6 Å². The first-order valence-corrected chi connectivity index (χ1v) is 11.2. The van der Waals surface area contributed by atoms with Gasteiger partial charge < -0.3 is 19.5 Å². The summed E-state index contributed by atoms with van der Waals surface area (Å²) in [6.45, 7) is 1.46. The molecule has 0 atom stereocenters. The standard InChI is InChI=1S/C26H27N5O4/c1-33-23-10-9-19(15-24(23)34-2)11-14-35-25-8-4-7-22(30-25)20-5-3-6-21(16-20)26(32)28-12-13-31-18-27-17-29-31/h3-10,15-18H,11-14H2,1-2H3,(H,28,32). The summed E-state index contributed by atoms with van der Waals surface area (Å²) < 4.78 is 18.2. The van der Waals surface area contributed by atoms with E-state index in [9.17, 15) is 4.79 Å². The van der Waals surface area contributed by atoms with Crippen LogP contribution in [0.25, 0.3) is 11.3 Å². The van der Waals surface area contributed by atoms with Crippen LogP contribution in [0, 0.1) is 0 Å². The van der Waals surface area contributed by atoms with Gasteiger partial charge in [0.25, 0.3) is 5.91 Å². The average molecular weight is 474 g/mol. The van der Waals surface area contributed by atoms with Crippen LogP contribution in [0.1, 0.15) is 15.9 Å². The van der Waals surface area contributed by atoms with Crippen LogP contribution in [0.3, 0.4) is 0 Å². The van der Waals surface area contributed by atoms with Gasteiger partial charge in [0.1, 0.15) is 12.7 Å². The number of aromatic nitrogens is 4. The first-order chi connectivity index (χ1) is 17.2. The molecule has 0 spiro atoms. The molecule has 1 N–H and O–H groups in total. The molecule has 9 heteroatoms. The molecule has 180 valence electrons. The summed E-state index contributed by atoms with van der Waals surface area (Å²) in [5, 5.41) is 6.92. The molecule has 9 nitrogen and oxygen atoms in total. The fraction of sp³-hybridized carbons (Fsp3) is 0.231. The molecule has 0 aliphatic rings. The molecule has 4 aromatic rings. The Morgan fingerprint density at radius 3 is 2.66 bits per heavy atom. The van der Waals surface area contributed by atoms with E-state index < -0.39 is 0 Å². The lowest BCUT2D eigenvalue weighted by Gasteiger charge is -2.11. The smallest absolute Gasteiger partial charge is 0.251 e. The van der Waals surface area contributed by atoms with Crippen LogP contribution in [0.15, 0.2) is 73.3 Å². The Morgan fingerprint density at radius 2 is 1.86 bits per heavy atom. The number of pyridine rings is 1. The molecule has 0 bridgehead atoms. The van der Waals surface area contributed by atoms with E-state index in [1.165, 1.54) is 6.33 Å². The van der Waals surface area contributed by atoms with E-state index in [4.69, 9.17) is 14.2 Å². The van der Waals surface area contributed by atoms with Gasteiger partial charge in [-0.1, -0.05) is 24.3 Å². The second-order valence-electron chi connectivity index (χ2n) is 7.64. The Hall–Kier alpha value is -4.40. The Balaban J connectivity index is 1.35.